The Kier molecular flexibility index (Phi) is 20.9. The molecule has 0 saturated carbocycles. The van der Waals surface area contributed by atoms with Gasteiger partial charge in [0.05, 0.1) is 12.5 Å². The first kappa shape index (κ1) is 28.8. The van der Waals surface area contributed by atoms with Gasteiger partial charge in [0.15, 0.2) is 0 Å². The Hall–Kier alpha value is -1.39. The van der Waals surface area contributed by atoms with Crippen LogP contribution >= 0.6 is 0 Å². The molecule has 0 aromatic carbocycles. The first-order chi connectivity index (χ1) is 13.3. The van der Waals surface area contributed by atoms with Crippen LogP contribution in [0, 0.1) is 11.8 Å². The van der Waals surface area contributed by atoms with Crippen molar-refractivity contribution in [1.82, 2.24) is 0 Å². The molecule has 0 spiro atoms. The summed E-state index contributed by atoms with van der Waals surface area (Å²) >= 11 is 0. The maximum Gasteiger partial charge on any atom is 0.372 e. The number of Topliss-reactive ketones (excluding diaryl/α,β-unsaturated/α-hetero) is 1. The van der Waals surface area contributed by atoms with Gasteiger partial charge in [0.1, 0.15) is 0 Å². The lowest BCUT2D eigenvalue weighted by Crippen LogP contribution is -2.19. The molecule has 2 atom stereocenters. The third-order valence-corrected chi connectivity index (χ3v) is 5.03. The molecule has 0 fully saturated rings. The zero-order valence-corrected chi connectivity index (χ0v) is 18.9. The molecule has 0 aliphatic heterocycles. The number of carboxylic acids is 1. The lowest BCUT2D eigenvalue weighted by molar-refractivity contribution is -0.150. The van der Waals surface area contributed by atoms with E-state index >= 15 is 0 Å². The molecule has 1 N–H and O–H groups in total. The molecular weight excluding hydrogens is 356 g/mol. The highest BCUT2D eigenvalue weighted by Gasteiger charge is 2.17. The van der Waals surface area contributed by atoms with E-state index in [1.54, 1.807) is 13.8 Å². The number of aliphatic carboxylic acids is 1. The molecule has 0 saturated heterocycles. The van der Waals surface area contributed by atoms with Gasteiger partial charge >= 0.3 is 11.9 Å². The first-order valence-corrected chi connectivity index (χ1v) is 11.2. The van der Waals surface area contributed by atoms with E-state index in [1.165, 1.54) is 57.8 Å². The number of esters is 1. The summed E-state index contributed by atoms with van der Waals surface area (Å²) in [5.41, 5.74) is 0. The summed E-state index contributed by atoms with van der Waals surface area (Å²) in [6, 6.07) is 0. The molecule has 0 aliphatic carbocycles. The third-order valence-electron chi connectivity index (χ3n) is 5.03. The fourth-order valence-electron chi connectivity index (χ4n) is 2.47. The number of hydrogen-bond donors (Lipinski definition) is 1. The summed E-state index contributed by atoms with van der Waals surface area (Å²) in [5.74, 6) is -2.34. The summed E-state index contributed by atoms with van der Waals surface area (Å²) in [6.07, 6.45) is 14.6. The number of carboxylic acid groups (broad SMARTS) is 1. The van der Waals surface area contributed by atoms with E-state index in [-0.39, 0.29) is 17.8 Å². The van der Waals surface area contributed by atoms with Crippen LogP contribution in [0.4, 0.5) is 0 Å². The molecule has 28 heavy (non-hydrogen) atoms. The van der Waals surface area contributed by atoms with Crippen LogP contribution in [0.2, 0.25) is 0 Å². The Bertz CT molecular complexity index is 406. The second kappa shape index (κ2) is 20.3. The minimum absolute atomic E-state index is 0.0292. The van der Waals surface area contributed by atoms with Crippen molar-refractivity contribution in [2.24, 2.45) is 11.8 Å². The van der Waals surface area contributed by atoms with E-state index in [2.05, 4.69) is 6.92 Å². The Balaban J connectivity index is 0. The van der Waals surface area contributed by atoms with Crippen LogP contribution in [-0.4, -0.2) is 29.4 Å². The zero-order valence-electron chi connectivity index (χ0n) is 18.9. The number of carbonyl (C=O) groups is 3. The van der Waals surface area contributed by atoms with Gasteiger partial charge in [0, 0.05) is 5.92 Å². The Morgan fingerprint density at radius 1 is 0.714 bits per heavy atom. The molecule has 0 radical (unpaired) electrons. The van der Waals surface area contributed by atoms with Crippen molar-refractivity contribution < 1.29 is 24.2 Å². The van der Waals surface area contributed by atoms with Crippen LogP contribution in [0.1, 0.15) is 112 Å². The van der Waals surface area contributed by atoms with Crippen LogP contribution in [0.15, 0.2) is 0 Å². The average molecular weight is 401 g/mol. The van der Waals surface area contributed by atoms with Crippen molar-refractivity contribution in [2.75, 3.05) is 6.61 Å². The van der Waals surface area contributed by atoms with Gasteiger partial charge in [-0.15, -0.1) is 0 Å². The van der Waals surface area contributed by atoms with Crippen molar-refractivity contribution in [2.45, 2.75) is 112 Å². The smallest absolute Gasteiger partial charge is 0.372 e. The molecule has 5 nitrogen and oxygen atoms in total. The van der Waals surface area contributed by atoms with Crippen molar-refractivity contribution in [3.63, 3.8) is 0 Å². The van der Waals surface area contributed by atoms with Crippen molar-refractivity contribution >= 4 is 17.7 Å². The Morgan fingerprint density at radius 2 is 1.14 bits per heavy atom. The van der Waals surface area contributed by atoms with Gasteiger partial charge in [0.25, 0.3) is 0 Å². The second-order valence-corrected chi connectivity index (χ2v) is 7.64. The SMILES string of the molecule is CCC(C)C(=O)C(=O)O.CCCCCCCCCCCCOC(=O)C(C)CC. The number of carbonyl (C=O) groups excluding carboxylic acids is 2. The number of ketones is 1. The second-order valence-electron chi connectivity index (χ2n) is 7.64. The van der Waals surface area contributed by atoms with E-state index in [4.69, 9.17) is 9.84 Å². The minimum atomic E-state index is -1.33. The Morgan fingerprint density at radius 3 is 1.50 bits per heavy atom. The number of unbranched alkanes of at least 4 members (excludes halogenated alkanes) is 9. The number of ether oxygens (including phenoxy) is 1. The van der Waals surface area contributed by atoms with Gasteiger partial charge in [-0.2, -0.15) is 0 Å². The maximum absolute atomic E-state index is 11.4. The highest BCUT2D eigenvalue weighted by molar-refractivity contribution is 6.33. The van der Waals surface area contributed by atoms with Crippen LogP contribution < -0.4 is 0 Å². The molecule has 166 valence electrons. The zero-order chi connectivity index (χ0) is 21.8. The lowest BCUT2D eigenvalue weighted by atomic mass is 10.0. The lowest BCUT2D eigenvalue weighted by Gasteiger charge is -2.08. The van der Waals surface area contributed by atoms with Crippen LogP contribution in [-0.2, 0) is 19.1 Å². The molecule has 0 aromatic heterocycles. The number of rotatable bonds is 16. The normalized spacial score (nSPS) is 12.5. The summed E-state index contributed by atoms with van der Waals surface area (Å²) in [7, 11) is 0. The largest absolute Gasteiger partial charge is 0.475 e. The first-order valence-electron chi connectivity index (χ1n) is 11.2. The van der Waals surface area contributed by atoms with Crippen LogP contribution in [0.25, 0.3) is 0 Å². The molecule has 0 heterocycles. The molecular formula is C23H44O5. The highest BCUT2D eigenvalue weighted by Crippen LogP contribution is 2.11. The van der Waals surface area contributed by atoms with Crippen LogP contribution in [0.3, 0.4) is 0 Å². The minimum Gasteiger partial charge on any atom is -0.475 e. The highest BCUT2D eigenvalue weighted by atomic mass is 16.5. The van der Waals surface area contributed by atoms with E-state index in [9.17, 15) is 14.4 Å². The van der Waals surface area contributed by atoms with Crippen LogP contribution in [0.5, 0.6) is 0 Å². The molecule has 0 bridgehead atoms. The standard InChI is InChI=1S/C17H34O2.C6H10O3/c1-4-6-7-8-9-10-11-12-13-14-15-19-17(18)16(3)5-2;1-3-4(2)5(7)6(8)9/h16H,4-15H2,1-3H3;4H,3H2,1-2H3,(H,8,9). The monoisotopic (exact) mass is 400 g/mol. The van der Waals surface area contributed by atoms with Gasteiger partial charge in [-0.25, -0.2) is 4.79 Å². The van der Waals surface area contributed by atoms with Gasteiger partial charge in [-0.3, -0.25) is 9.59 Å². The molecule has 2 unspecified atom stereocenters. The predicted octanol–water partition coefficient (Wildman–Crippen LogP) is 6.18. The van der Waals surface area contributed by atoms with E-state index in [0.717, 1.165) is 12.8 Å². The van der Waals surface area contributed by atoms with Crippen molar-refractivity contribution in [3.05, 3.63) is 0 Å². The van der Waals surface area contributed by atoms with E-state index in [0.29, 0.717) is 13.0 Å². The topological polar surface area (TPSA) is 80.7 Å². The third kappa shape index (κ3) is 18.0. The summed E-state index contributed by atoms with van der Waals surface area (Å²) < 4.78 is 5.23. The van der Waals surface area contributed by atoms with Crippen molar-refractivity contribution in [3.8, 4) is 0 Å². The quantitative estimate of drug-likeness (QED) is 0.190. The Labute approximate surface area is 172 Å². The molecule has 0 aliphatic rings. The fraction of sp³-hybridized carbons (Fsp3) is 0.870. The summed E-state index contributed by atoms with van der Waals surface area (Å²) in [6.45, 7) is 10.2. The molecule has 0 amide bonds. The fourth-order valence-corrected chi connectivity index (χ4v) is 2.47. The average Bonchev–Trinajstić information content (AvgIpc) is 2.70. The molecule has 5 heteroatoms. The maximum atomic E-state index is 11.4. The summed E-state index contributed by atoms with van der Waals surface area (Å²) in [5, 5.41) is 8.13. The van der Waals surface area contributed by atoms with Gasteiger partial charge in [-0.1, -0.05) is 92.4 Å². The number of hydrogen-bond acceptors (Lipinski definition) is 4. The van der Waals surface area contributed by atoms with Gasteiger partial charge in [-0.05, 0) is 19.3 Å². The predicted molar refractivity (Wildman–Crippen MR) is 114 cm³/mol. The van der Waals surface area contributed by atoms with Gasteiger partial charge < -0.3 is 9.84 Å². The van der Waals surface area contributed by atoms with Crippen molar-refractivity contribution in [1.29, 1.82) is 0 Å². The van der Waals surface area contributed by atoms with Gasteiger partial charge in [0.2, 0.25) is 5.78 Å². The van der Waals surface area contributed by atoms with E-state index < -0.39 is 11.8 Å². The van der Waals surface area contributed by atoms with E-state index in [1.807, 2.05) is 13.8 Å². The molecule has 0 aromatic rings. The summed E-state index contributed by atoms with van der Waals surface area (Å²) in [4.78, 5) is 31.8. The molecule has 0 rings (SSSR count).